The van der Waals surface area contributed by atoms with E-state index in [0.29, 0.717) is 12.2 Å². The summed E-state index contributed by atoms with van der Waals surface area (Å²) in [5, 5.41) is 3.38. The van der Waals surface area contributed by atoms with E-state index in [9.17, 15) is 4.79 Å². The van der Waals surface area contributed by atoms with Gasteiger partial charge in [0, 0.05) is 9.99 Å². The zero-order chi connectivity index (χ0) is 12.3. The van der Waals surface area contributed by atoms with E-state index in [-0.39, 0.29) is 5.54 Å². The van der Waals surface area contributed by atoms with Gasteiger partial charge in [-0.1, -0.05) is 12.1 Å². The maximum Gasteiger partial charge on any atom is 0.156 e. The number of piperidine rings is 1. The zero-order valence-corrected chi connectivity index (χ0v) is 12.3. The molecule has 1 N–H and O–H groups in total. The van der Waals surface area contributed by atoms with Crippen LogP contribution in [0.1, 0.15) is 31.7 Å². The van der Waals surface area contributed by atoms with Crippen molar-refractivity contribution in [2.24, 2.45) is 0 Å². The minimum absolute atomic E-state index is 0.304. The van der Waals surface area contributed by atoms with Crippen LogP contribution in [0.5, 0.6) is 0 Å². The Labute approximate surface area is 116 Å². The van der Waals surface area contributed by atoms with Gasteiger partial charge in [0.05, 0.1) is 5.54 Å². The van der Waals surface area contributed by atoms with Crippen molar-refractivity contribution in [2.45, 2.75) is 38.1 Å². The fourth-order valence-corrected chi connectivity index (χ4v) is 2.64. The van der Waals surface area contributed by atoms with Crippen molar-refractivity contribution in [1.82, 2.24) is 5.32 Å². The third kappa shape index (κ3) is 3.28. The molecular weight excluding hydrogens is 325 g/mol. The van der Waals surface area contributed by atoms with Gasteiger partial charge in [-0.05, 0) is 73.0 Å². The Bertz CT molecular complexity index is 393. The first-order valence-electron chi connectivity index (χ1n) is 6.13. The maximum absolute atomic E-state index is 12.3. The van der Waals surface area contributed by atoms with E-state index in [1.54, 1.807) is 0 Å². The van der Waals surface area contributed by atoms with Crippen LogP contribution in [0.15, 0.2) is 24.3 Å². The Morgan fingerprint density at radius 3 is 2.65 bits per heavy atom. The average Bonchev–Trinajstić information content (AvgIpc) is 2.33. The second kappa shape index (κ2) is 5.48. The van der Waals surface area contributed by atoms with Crippen molar-refractivity contribution in [3.63, 3.8) is 0 Å². The summed E-state index contributed by atoms with van der Waals surface area (Å²) < 4.78 is 1.21. The summed E-state index contributed by atoms with van der Waals surface area (Å²) in [6.07, 6.45) is 3.85. The first-order valence-corrected chi connectivity index (χ1v) is 7.21. The van der Waals surface area contributed by atoms with Gasteiger partial charge in [0.1, 0.15) is 0 Å². The molecule has 3 heteroatoms. The van der Waals surface area contributed by atoms with E-state index in [4.69, 9.17) is 0 Å². The summed E-state index contributed by atoms with van der Waals surface area (Å²) in [7, 11) is 0. The molecule has 0 bridgehead atoms. The van der Waals surface area contributed by atoms with Gasteiger partial charge in [0.15, 0.2) is 5.78 Å². The lowest BCUT2D eigenvalue weighted by Gasteiger charge is -2.33. The van der Waals surface area contributed by atoms with Crippen LogP contribution in [0.25, 0.3) is 0 Å². The highest BCUT2D eigenvalue weighted by Gasteiger charge is 2.33. The second-order valence-corrected chi connectivity index (χ2v) is 6.19. The summed E-state index contributed by atoms with van der Waals surface area (Å²) in [6, 6.07) is 8.21. The van der Waals surface area contributed by atoms with Crippen molar-refractivity contribution < 1.29 is 4.79 Å². The fourth-order valence-electron chi connectivity index (χ4n) is 2.28. The molecule has 1 aliphatic rings. The lowest BCUT2D eigenvalue weighted by atomic mass is 9.84. The molecule has 0 radical (unpaired) electrons. The van der Waals surface area contributed by atoms with Gasteiger partial charge in [0.2, 0.25) is 0 Å². The number of nitrogens with one attached hydrogen (secondary N) is 1. The molecule has 1 atom stereocenters. The first-order chi connectivity index (χ1) is 8.10. The monoisotopic (exact) mass is 343 g/mol. The van der Waals surface area contributed by atoms with Crippen LogP contribution in [0.2, 0.25) is 0 Å². The Morgan fingerprint density at radius 1 is 1.35 bits per heavy atom. The fraction of sp³-hybridized carbons (Fsp3) is 0.500. The number of hydrogen-bond acceptors (Lipinski definition) is 2. The molecule has 1 heterocycles. The van der Waals surface area contributed by atoms with Gasteiger partial charge in [-0.2, -0.15) is 0 Å². The van der Waals surface area contributed by atoms with Crippen LogP contribution < -0.4 is 5.32 Å². The molecular formula is C14H18INO. The predicted octanol–water partition coefficient (Wildman–Crippen LogP) is 2.94. The number of rotatable bonds is 3. The largest absolute Gasteiger partial charge is 0.305 e. The van der Waals surface area contributed by atoms with Crippen LogP contribution in [0, 0.1) is 3.57 Å². The molecule has 0 aromatic heterocycles. The van der Waals surface area contributed by atoms with Gasteiger partial charge >= 0.3 is 0 Å². The number of hydrogen-bond donors (Lipinski definition) is 1. The third-order valence-electron chi connectivity index (χ3n) is 3.51. The van der Waals surface area contributed by atoms with E-state index in [1.165, 1.54) is 9.99 Å². The first kappa shape index (κ1) is 13.0. The smallest absolute Gasteiger partial charge is 0.156 e. The topological polar surface area (TPSA) is 29.1 Å². The van der Waals surface area contributed by atoms with Gasteiger partial charge in [-0.15, -0.1) is 0 Å². The number of ketones is 1. The molecule has 1 aromatic carbocycles. The van der Waals surface area contributed by atoms with Crippen LogP contribution in [0.3, 0.4) is 0 Å². The van der Waals surface area contributed by atoms with E-state index in [0.717, 1.165) is 24.9 Å². The zero-order valence-electron chi connectivity index (χ0n) is 10.1. The highest BCUT2D eigenvalue weighted by atomic mass is 127. The predicted molar refractivity (Wildman–Crippen MR) is 78.1 cm³/mol. The summed E-state index contributed by atoms with van der Waals surface area (Å²) in [4.78, 5) is 12.3. The van der Waals surface area contributed by atoms with Crippen LogP contribution >= 0.6 is 22.6 Å². The summed E-state index contributed by atoms with van der Waals surface area (Å²) in [5.74, 6) is 0.318. The summed E-state index contributed by atoms with van der Waals surface area (Å²) >= 11 is 2.28. The van der Waals surface area contributed by atoms with Crippen molar-refractivity contribution in [3.8, 4) is 0 Å². The van der Waals surface area contributed by atoms with Gasteiger partial charge in [-0.3, -0.25) is 4.79 Å². The molecule has 0 spiro atoms. The quantitative estimate of drug-likeness (QED) is 0.855. The summed E-state index contributed by atoms with van der Waals surface area (Å²) in [5.41, 5.74) is 0.811. The molecule has 92 valence electrons. The molecule has 1 fully saturated rings. The molecule has 17 heavy (non-hydrogen) atoms. The summed E-state index contributed by atoms with van der Waals surface area (Å²) in [6.45, 7) is 3.01. The minimum Gasteiger partial charge on any atom is -0.305 e. The molecule has 0 amide bonds. The number of benzene rings is 1. The number of carbonyl (C=O) groups excluding carboxylic acids is 1. The number of halogens is 1. The van der Waals surface area contributed by atoms with Gasteiger partial charge in [-0.25, -0.2) is 0 Å². The van der Waals surface area contributed by atoms with Crippen molar-refractivity contribution in [3.05, 3.63) is 33.4 Å². The van der Waals surface area contributed by atoms with Crippen LogP contribution in [-0.2, 0) is 11.2 Å². The molecule has 2 rings (SSSR count). The van der Waals surface area contributed by atoms with Gasteiger partial charge < -0.3 is 5.32 Å². The number of carbonyl (C=O) groups is 1. The lowest BCUT2D eigenvalue weighted by Crippen LogP contribution is -2.52. The molecule has 1 saturated heterocycles. The highest BCUT2D eigenvalue weighted by Crippen LogP contribution is 2.21. The normalized spacial score (nSPS) is 24.6. The average molecular weight is 343 g/mol. The Morgan fingerprint density at radius 2 is 2.06 bits per heavy atom. The third-order valence-corrected chi connectivity index (χ3v) is 4.23. The lowest BCUT2D eigenvalue weighted by molar-refractivity contribution is -0.125. The van der Waals surface area contributed by atoms with Crippen molar-refractivity contribution >= 4 is 28.4 Å². The Balaban J connectivity index is 2.03. The van der Waals surface area contributed by atoms with Crippen LogP contribution in [-0.4, -0.2) is 17.9 Å². The molecule has 2 nitrogen and oxygen atoms in total. The molecule has 1 unspecified atom stereocenters. The van der Waals surface area contributed by atoms with Crippen molar-refractivity contribution in [1.29, 1.82) is 0 Å². The second-order valence-electron chi connectivity index (χ2n) is 4.94. The number of Topliss-reactive ketones (excluding diaryl/α,β-unsaturated/α-hetero) is 1. The highest BCUT2D eigenvalue weighted by molar-refractivity contribution is 14.1. The van der Waals surface area contributed by atoms with E-state index in [2.05, 4.69) is 40.0 Å². The van der Waals surface area contributed by atoms with Crippen molar-refractivity contribution in [2.75, 3.05) is 6.54 Å². The Hall–Kier alpha value is -0.420. The van der Waals surface area contributed by atoms with Gasteiger partial charge in [0.25, 0.3) is 0 Å². The Kier molecular flexibility index (Phi) is 4.20. The molecule has 0 aliphatic carbocycles. The molecule has 0 saturated carbocycles. The van der Waals surface area contributed by atoms with E-state index >= 15 is 0 Å². The SMILES string of the molecule is CC1(C(=O)Cc2ccc(I)cc2)CCCCN1. The standard InChI is InChI=1S/C14H18INO/c1-14(8-2-3-9-16-14)13(17)10-11-4-6-12(15)7-5-11/h4-7,16H,2-3,8-10H2,1H3. The van der Waals surface area contributed by atoms with Crippen LogP contribution in [0.4, 0.5) is 0 Å². The van der Waals surface area contributed by atoms with E-state index in [1.807, 2.05) is 19.1 Å². The molecule has 1 aliphatic heterocycles. The minimum atomic E-state index is -0.304. The molecule has 1 aromatic rings. The maximum atomic E-state index is 12.3. The van der Waals surface area contributed by atoms with E-state index < -0.39 is 0 Å².